The summed E-state index contributed by atoms with van der Waals surface area (Å²) >= 11 is 0. The lowest BCUT2D eigenvalue weighted by Gasteiger charge is -2.26. The molecule has 42 heavy (non-hydrogen) atoms. The first-order valence-electron chi connectivity index (χ1n) is 13.8. The molecule has 232 valence electrons. The lowest BCUT2D eigenvalue weighted by Crippen LogP contribution is -2.51. The Balaban J connectivity index is 1.78. The molecule has 3 N–H and O–H groups in total. The topological polar surface area (TPSA) is 161 Å². The number of nitrogens with one attached hydrogen (secondary N) is 2. The van der Waals surface area contributed by atoms with Crippen LogP contribution in [0.4, 0.5) is 9.59 Å². The van der Waals surface area contributed by atoms with Crippen LogP contribution in [0.1, 0.15) is 51.5 Å². The van der Waals surface area contributed by atoms with Gasteiger partial charge in [-0.2, -0.15) is 0 Å². The molecule has 13 heteroatoms. The molecule has 2 amide bonds. The smallest absolute Gasteiger partial charge is 0.422 e. The van der Waals surface area contributed by atoms with Crippen molar-refractivity contribution in [3.63, 3.8) is 0 Å². The van der Waals surface area contributed by atoms with Gasteiger partial charge in [0.05, 0.1) is 18.9 Å². The summed E-state index contributed by atoms with van der Waals surface area (Å²) in [5.74, 6) is 0.360. The van der Waals surface area contributed by atoms with E-state index in [4.69, 9.17) is 14.2 Å². The Morgan fingerprint density at radius 3 is 2.26 bits per heavy atom. The van der Waals surface area contributed by atoms with E-state index in [1.54, 1.807) is 50.4 Å². The number of sulfonamides is 1. The van der Waals surface area contributed by atoms with Gasteiger partial charge in [-0.3, -0.25) is 4.79 Å². The number of ether oxygens (including phenoxy) is 3. The molecular weight excluding hydrogens is 566 g/mol. The zero-order valence-corrected chi connectivity index (χ0v) is 25.1. The number of hydrogen-bond acceptors (Lipinski definition) is 8. The van der Waals surface area contributed by atoms with E-state index in [0.717, 1.165) is 5.56 Å². The number of carbonyl (C=O) groups is 3. The number of Topliss-reactive ketones (excluding diaryl/α,β-unsaturated/α-hetero) is 1. The number of rotatable bonds is 19. The quantitative estimate of drug-likeness (QED) is 0.156. The van der Waals surface area contributed by atoms with Crippen molar-refractivity contribution in [2.45, 2.75) is 58.6 Å². The fourth-order valence-electron chi connectivity index (χ4n) is 3.85. The molecule has 0 fully saturated rings. The average molecular weight is 608 g/mol. The van der Waals surface area contributed by atoms with Gasteiger partial charge in [0, 0.05) is 13.0 Å². The van der Waals surface area contributed by atoms with Gasteiger partial charge in [0.25, 0.3) is 0 Å². The van der Waals surface area contributed by atoms with Crippen molar-refractivity contribution < 1.29 is 42.1 Å². The highest BCUT2D eigenvalue weighted by molar-refractivity contribution is 7.89. The summed E-state index contributed by atoms with van der Waals surface area (Å²) in [6.07, 6.45) is -0.0692. The van der Waals surface area contributed by atoms with Crippen LogP contribution in [0.25, 0.3) is 0 Å². The molecule has 0 spiro atoms. The number of nitrogens with zero attached hydrogens (tertiary/aromatic N) is 1. The summed E-state index contributed by atoms with van der Waals surface area (Å²) < 4.78 is 41.5. The van der Waals surface area contributed by atoms with Gasteiger partial charge in [0.1, 0.15) is 24.7 Å². The SMILES string of the molecule is CCC(C)[C@@H](CS(=O)(=O)NN(CCCCCC(=O)COc1ccc(OC)cc1)C(=O)O)NC(=O)OCc1ccccc1. The number of carbonyl (C=O) groups excluding carboxylic acids is 2. The molecule has 0 aliphatic rings. The number of alkyl carbamates (subject to hydrolysis) is 1. The van der Waals surface area contributed by atoms with E-state index in [-0.39, 0.29) is 37.9 Å². The van der Waals surface area contributed by atoms with Crippen molar-refractivity contribution >= 4 is 28.0 Å². The second-order valence-corrected chi connectivity index (χ2v) is 11.6. The van der Waals surface area contributed by atoms with Crippen molar-refractivity contribution in [1.29, 1.82) is 0 Å². The highest BCUT2D eigenvalue weighted by atomic mass is 32.2. The van der Waals surface area contributed by atoms with Gasteiger partial charge >= 0.3 is 12.2 Å². The summed E-state index contributed by atoms with van der Waals surface area (Å²) in [4.78, 5) is 38.3. The highest BCUT2D eigenvalue weighted by Crippen LogP contribution is 2.17. The molecule has 1 unspecified atom stereocenters. The van der Waals surface area contributed by atoms with Crippen LogP contribution in [-0.4, -0.2) is 68.6 Å². The van der Waals surface area contributed by atoms with Gasteiger partial charge in [-0.05, 0) is 48.6 Å². The third kappa shape index (κ3) is 13.2. The molecule has 0 radical (unpaired) electrons. The zero-order valence-electron chi connectivity index (χ0n) is 24.3. The molecule has 12 nitrogen and oxygen atoms in total. The number of amides is 2. The van der Waals surface area contributed by atoms with Gasteiger partial charge in [0.2, 0.25) is 10.0 Å². The molecule has 0 saturated heterocycles. The summed E-state index contributed by atoms with van der Waals surface area (Å²) in [5, 5.41) is 12.7. The van der Waals surface area contributed by atoms with Gasteiger partial charge in [-0.15, -0.1) is 4.83 Å². The Bertz CT molecular complexity index is 1220. The number of ketones is 1. The van der Waals surface area contributed by atoms with Crippen molar-refractivity contribution in [2.75, 3.05) is 26.0 Å². The number of carboxylic acid groups (broad SMARTS) is 1. The minimum atomic E-state index is -4.14. The maximum absolute atomic E-state index is 12.9. The molecule has 0 aromatic heterocycles. The predicted octanol–water partition coefficient (Wildman–Crippen LogP) is 4.36. The predicted molar refractivity (Wildman–Crippen MR) is 157 cm³/mol. The third-order valence-electron chi connectivity index (χ3n) is 6.52. The summed E-state index contributed by atoms with van der Waals surface area (Å²) in [7, 11) is -2.59. The minimum Gasteiger partial charge on any atom is -0.497 e. The normalized spacial score (nSPS) is 12.5. The monoisotopic (exact) mass is 607 g/mol. The number of hydrazine groups is 1. The van der Waals surface area contributed by atoms with Crippen LogP contribution >= 0.6 is 0 Å². The van der Waals surface area contributed by atoms with E-state index < -0.39 is 34.0 Å². The Morgan fingerprint density at radius 2 is 1.64 bits per heavy atom. The van der Waals surface area contributed by atoms with Crippen molar-refractivity contribution in [3.8, 4) is 11.5 Å². The zero-order chi connectivity index (χ0) is 31.0. The molecule has 0 heterocycles. The average Bonchev–Trinajstić information content (AvgIpc) is 2.98. The van der Waals surface area contributed by atoms with Crippen LogP contribution in [-0.2, 0) is 26.2 Å². The van der Waals surface area contributed by atoms with E-state index in [1.807, 2.05) is 25.1 Å². The maximum atomic E-state index is 12.9. The number of methoxy groups -OCH3 is 1. The molecule has 2 aromatic rings. The molecule has 2 aromatic carbocycles. The summed E-state index contributed by atoms with van der Waals surface area (Å²) in [5.41, 5.74) is 0.783. The first kappa shape index (κ1) is 34.4. The fourth-order valence-corrected chi connectivity index (χ4v) is 5.31. The molecule has 2 rings (SSSR count). The van der Waals surface area contributed by atoms with Gasteiger partial charge in [-0.25, -0.2) is 23.0 Å². The van der Waals surface area contributed by atoms with Crippen LogP contribution < -0.4 is 19.6 Å². The van der Waals surface area contributed by atoms with Crippen LogP contribution in [0.15, 0.2) is 54.6 Å². The lowest BCUT2D eigenvalue weighted by molar-refractivity contribution is -0.121. The second kappa shape index (κ2) is 17.9. The Morgan fingerprint density at radius 1 is 0.976 bits per heavy atom. The second-order valence-electron chi connectivity index (χ2n) is 9.82. The fraction of sp³-hybridized carbons (Fsp3) is 0.483. The summed E-state index contributed by atoms with van der Waals surface area (Å²) in [6, 6.07) is 15.1. The van der Waals surface area contributed by atoms with Crippen molar-refractivity contribution in [1.82, 2.24) is 15.2 Å². The number of benzene rings is 2. The van der Waals surface area contributed by atoms with Crippen LogP contribution in [0.5, 0.6) is 11.5 Å². The largest absolute Gasteiger partial charge is 0.497 e. The number of hydrogen-bond donors (Lipinski definition) is 3. The first-order valence-corrected chi connectivity index (χ1v) is 15.4. The summed E-state index contributed by atoms with van der Waals surface area (Å²) in [6.45, 7) is 3.48. The van der Waals surface area contributed by atoms with Crippen LogP contribution in [0, 0.1) is 5.92 Å². The maximum Gasteiger partial charge on any atom is 0.422 e. The van der Waals surface area contributed by atoms with Crippen molar-refractivity contribution in [3.05, 3.63) is 60.2 Å². The van der Waals surface area contributed by atoms with E-state index >= 15 is 0 Å². The molecule has 0 aliphatic carbocycles. The highest BCUT2D eigenvalue weighted by Gasteiger charge is 2.28. The van der Waals surface area contributed by atoms with E-state index in [2.05, 4.69) is 10.1 Å². The van der Waals surface area contributed by atoms with E-state index in [9.17, 15) is 27.9 Å². The Kier molecular flexibility index (Phi) is 14.6. The standard InChI is InChI=1S/C29H41N3O9S/c1-4-22(2)27(30-28(34)41-19-23-11-7-5-8-12-23)21-42(37,38)31-32(29(35)36)18-10-6-9-13-24(33)20-40-26-16-14-25(39-3)15-17-26/h5,7-8,11-12,14-17,22,27,31H,4,6,9-10,13,18-21H2,1-3H3,(H,30,34)(H,35,36)/t22?,27-/m1/s1. The first-order chi connectivity index (χ1) is 20.0. The molecule has 0 saturated carbocycles. The lowest BCUT2D eigenvalue weighted by atomic mass is 10.0. The number of unbranched alkanes of at least 4 members (excludes halogenated alkanes) is 2. The van der Waals surface area contributed by atoms with E-state index in [1.165, 1.54) is 0 Å². The molecule has 0 bridgehead atoms. The Hall–Kier alpha value is -3.84. The van der Waals surface area contributed by atoms with E-state index in [0.29, 0.717) is 42.2 Å². The van der Waals surface area contributed by atoms with Crippen LogP contribution in [0.2, 0.25) is 0 Å². The third-order valence-corrected chi connectivity index (χ3v) is 7.82. The minimum absolute atomic E-state index is 0.0268. The Labute approximate surface area is 247 Å². The van der Waals surface area contributed by atoms with Crippen LogP contribution in [0.3, 0.4) is 0 Å². The van der Waals surface area contributed by atoms with Gasteiger partial charge in [0.15, 0.2) is 5.78 Å². The van der Waals surface area contributed by atoms with Crippen molar-refractivity contribution in [2.24, 2.45) is 5.92 Å². The molecular formula is C29H41N3O9S. The molecule has 2 atom stereocenters. The van der Waals surface area contributed by atoms with Gasteiger partial charge in [-0.1, -0.05) is 57.0 Å². The van der Waals surface area contributed by atoms with Gasteiger partial charge < -0.3 is 24.6 Å². The molecule has 0 aliphatic heterocycles.